The molecule has 1 aliphatic carbocycles. The standard InChI is InChI=1S/C12H20N2O/c1-2-3-4-5-6-12(15)14-9-11(13)10-7-8-10/h1,10-11H,3-9,13H2,(H,14,15). The van der Waals surface area contributed by atoms with Crippen molar-refractivity contribution in [1.82, 2.24) is 5.32 Å². The van der Waals surface area contributed by atoms with E-state index < -0.39 is 0 Å². The summed E-state index contributed by atoms with van der Waals surface area (Å²) in [6.07, 6.45) is 10.7. The molecule has 84 valence electrons. The smallest absolute Gasteiger partial charge is 0.220 e. The maximum absolute atomic E-state index is 11.3. The lowest BCUT2D eigenvalue weighted by molar-refractivity contribution is -0.121. The van der Waals surface area contributed by atoms with Gasteiger partial charge in [-0.3, -0.25) is 4.79 Å². The normalized spacial score (nSPS) is 16.8. The minimum absolute atomic E-state index is 0.100. The van der Waals surface area contributed by atoms with Gasteiger partial charge in [0.25, 0.3) is 0 Å². The first kappa shape index (κ1) is 12.1. The van der Waals surface area contributed by atoms with E-state index in [9.17, 15) is 4.79 Å². The Morgan fingerprint density at radius 1 is 1.53 bits per heavy atom. The lowest BCUT2D eigenvalue weighted by atomic mass is 10.1. The number of hydrogen-bond donors (Lipinski definition) is 2. The molecule has 0 radical (unpaired) electrons. The van der Waals surface area contributed by atoms with E-state index in [0.29, 0.717) is 18.9 Å². The summed E-state index contributed by atoms with van der Waals surface area (Å²) in [7, 11) is 0. The van der Waals surface area contributed by atoms with Crippen molar-refractivity contribution in [3.05, 3.63) is 0 Å². The summed E-state index contributed by atoms with van der Waals surface area (Å²) in [4.78, 5) is 11.3. The van der Waals surface area contributed by atoms with E-state index in [1.54, 1.807) is 0 Å². The van der Waals surface area contributed by atoms with Crippen molar-refractivity contribution in [3.63, 3.8) is 0 Å². The molecule has 3 N–H and O–H groups in total. The van der Waals surface area contributed by atoms with Gasteiger partial charge in [-0.05, 0) is 31.6 Å². The van der Waals surface area contributed by atoms with Crippen molar-refractivity contribution in [2.24, 2.45) is 11.7 Å². The fourth-order valence-electron chi connectivity index (χ4n) is 1.52. The predicted molar refractivity (Wildman–Crippen MR) is 61.0 cm³/mol. The van der Waals surface area contributed by atoms with E-state index in [-0.39, 0.29) is 11.9 Å². The number of nitrogens with one attached hydrogen (secondary N) is 1. The summed E-state index contributed by atoms with van der Waals surface area (Å²) in [5.41, 5.74) is 5.86. The molecule has 0 aromatic heterocycles. The average molecular weight is 208 g/mol. The van der Waals surface area contributed by atoms with Gasteiger partial charge in [0.05, 0.1) is 0 Å². The van der Waals surface area contributed by atoms with Gasteiger partial charge < -0.3 is 11.1 Å². The van der Waals surface area contributed by atoms with Crippen molar-refractivity contribution in [1.29, 1.82) is 0 Å². The molecular formula is C12H20N2O. The van der Waals surface area contributed by atoms with Gasteiger partial charge in [0.2, 0.25) is 5.91 Å². The molecule has 1 amide bonds. The van der Waals surface area contributed by atoms with Gasteiger partial charge in [-0.2, -0.15) is 0 Å². The lowest BCUT2D eigenvalue weighted by Crippen LogP contribution is -2.38. The molecule has 3 heteroatoms. The Morgan fingerprint density at radius 2 is 2.27 bits per heavy atom. The number of rotatable bonds is 7. The van der Waals surface area contributed by atoms with Crippen LogP contribution in [0.1, 0.15) is 38.5 Å². The second-order valence-electron chi connectivity index (χ2n) is 4.22. The Kier molecular flexibility index (Phi) is 5.20. The Balaban J connectivity index is 1.95. The highest BCUT2D eigenvalue weighted by atomic mass is 16.1. The number of terminal acetylenes is 1. The van der Waals surface area contributed by atoms with Gasteiger partial charge in [-0.1, -0.05) is 0 Å². The zero-order chi connectivity index (χ0) is 11.1. The molecule has 0 saturated heterocycles. The highest BCUT2D eigenvalue weighted by molar-refractivity contribution is 5.75. The molecule has 1 rings (SSSR count). The van der Waals surface area contributed by atoms with Gasteiger partial charge in [0.15, 0.2) is 0 Å². The number of nitrogens with two attached hydrogens (primary N) is 1. The topological polar surface area (TPSA) is 55.1 Å². The molecule has 0 spiro atoms. The minimum atomic E-state index is 0.100. The maximum atomic E-state index is 11.3. The van der Waals surface area contributed by atoms with Gasteiger partial charge in [-0.25, -0.2) is 0 Å². The number of carbonyl (C=O) groups excluding carboxylic acids is 1. The third kappa shape index (κ3) is 5.44. The third-order valence-corrected chi connectivity index (χ3v) is 2.74. The summed E-state index contributed by atoms with van der Waals surface area (Å²) in [5.74, 6) is 3.31. The van der Waals surface area contributed by atoms with E-state index in [4.69, 9.17) is 12.2 Å². The molecule has 0 aromatic carbocycles. The molecule has 1 fully saturated rings. The summed E-state index contributed by atoms with van der Waals surface area (Å²) >= 11 is 0. The third-order valence-electron chi connectivity index (χ3n) is 2.74. The SMILES string of the molecule is C#CCCCCC(=O)NCC(N)C1CC1. The first-order chi connectivity index (χ1) is 7.24. The van der Waals surface area contributed by atoms with Gasteiger partial charge >= 0.3 is 0 Å². The minimum Gasteiger partial charge on any atom is -0.355 e. The zero-order valence-electron chi connectivity index (χ0n) is 9.17. The number of carbonyl (C=O) groups is 1. The van der Waals surface area contributed by atoms with Crippen LogP contribution >= 0.6 is 0 Å². The van der Waals surface area contributed by atoms with Crippen LogP contribution in [0.25, 0.3) is 0 Å². The van der Waals surface area contributed by atoms with Crippen LogP contribution in [0.2, 0.25) is 0 Å². The quantitative estimate of drug-likeness (QED) is 0.485. The fourth-order valence-corrected chi connectivity index (χ4v) is 1.52. The average Bonchev–Trinajstić information content (AvgIpc) is 3.04. The van der Waals surface area contributed by atoms with Crippen molar-refractivity contribution < 1.29 is 4.79 Å². The molecule has 3 nitrogen and oxygen atoms in total. The highest BCUT2D eigenvalue weighted by Crippen LogP contribution is 2.31. The molecule has 0 bridgehead atoms. The monoisotopic (exact) mass is 208 g/mol. The molecule has 0 heterocycles. The molecule has 1 unspecified atom stereocenters. The van der Waals surface area contributed by atoms with Gasteiger partial charge in [0, 0.05) is 25.4 Å². The molecule has 1 aliphatic rings. The van der Waals surface area contributed by atoms with Crippen LogP contribution in [-0.2, 0) is 4.79 Å². The molecule has 0 aliphatic heterocycles. The fraction of sp³-hybridized carbons (Fsp3) is 0.750. The van der Waals surface area contributed by atoms with Crippen molar-refractivity contribution in [2.45, 2.75) is 44.6 Å². The summed E-state index contributed by atoms with van der Waals surface area (Å²) in [6, 6.07) is 0.152. The molecule has 1 atom stereocenters. The van der Waals surface area contributed by atoms with Crippen LogP contribution in [-0.4, -0.2) is 18.5 Å². The lowest BCUT2D eigenvalue weighted by Gasteiger charge is -2.11. The van der Waals surface area contributed by atoms with E-state index in [2.05, 4.69) is 11.2 Å². The second kappa shape index (κ2) is 6.47. The molecule has 15 heavy (non-hydrogen) atoms. The van der Waals surface area contributed by atoms with Gasteiger partial charge in [-0.15, -0.1) is 12.3 Å². The van der Waals surface area contributed by atoms with Crippen LogP contribution in [0.15, 0.2) is 0 Å². The summed E-state index contributed by atoms with van der Waals surface area (Å²) in [5, 5.41) is 2.87. The first-order valence-electron chi connectivity index (χ1n) is 5.69. The van der Waals surface area contributed by atoms with Crippen LogP contribution < -0.4 is 11.1 Å². The van der Waals surface area contributed by atoms with Crippen molar-refractivity contribution in [3.8, 4) is 12.3 Å². The van der Waals surface area contributed by atoms with E-state index >= 15 is 0 Å². The van der Waals surface area contributed by atoms with Gasteiger partial charge in [0.1, 0.15) is 0 Å². The second-order valence-corrected chi connectivity index (χ2v) is 4.22. The molecule has 1 saturated carbocycles. The zero-order valence-corrected chi connectivity index (χ0v) is 9.17. The Morgan fingerprint density at radius 3 is 2.87 bits per heavy atom. The van der Waals surface area contributed by atoms with Crippen molar-refractivity contribution in [2.75, 3.05) is 6.54 Å². The largest absolute Gasteiger partial charge is 0.355 e. The van der Waals surface area contributed by atoms with E-state index in [1.807, 2.05) is 0 Å². The Bertz CT molecular complexity index is 240. The van der Waals surface area contributed by atoms with Crippen molar-refractivity contribution >= 4 is 5.91 Å². The van der Waals surface area contributed by atoms with Crippen LogP contribution in [0.5, 0.6) is 0 Å². The molecular weight excluding hydrogens is 188 g/mol. The number of hydrogen-bond acceptors (Lipinski definition) is 2. The highest BCUT2D eigenvalue weighted by Gasteiger charge is 2.28. The Hall–Kier alpha value is -1.01. The summed E-state index contributed by atoms with van der Waals surface area (Å²) < 4.78 is 0. The Labute approximate surface area is 91.8 Å². The first-order valence-corrected chi connectivity index (χ1v) is 5.69. The maximum Gasteiger partial charge on any atom is 0.220 e. The predicted octanol–water partition coefficient (Wildman–Crippen LogP) is 1.03. The van der Waals surface area contributed by atoms with Crippen LogP contribution in [0, 0.1) is 18.3 Å². The van der Waals surface area contributed by atoms with E-state index in [0.717, 1.165) is 19.3 Å². The number of amides is 1. The number of unbranched alkanes of at least 4 members (excludes halogenated alkanes) is 2. The summed E-state index contributed by atoms with van der Waals surface area (Å²) in [6.45, 7) is 0.624. The van der Waals surface area contributed by atoms with Crippen LogP contribution in [0.4, 0.5) is 0 Å². The van der Waals surface area contributed by atoms with E-state index in [1.165, 1.54) is 12.8 Å². The van der Waals surface area contributed by atoms with Crippen LogP contribution in [0.3, 0.4) is 0 Å². The molecule has 0 aromatic rings.